The topological polar surface area (TPSA) is 52.6 Å². The lowest BCUT2D eigenvalue weighted by molar-refractivity contribution is 0.245. The van der Waals surface area contributed by atoms with Crippen LogP contribution in [0.5, 0.6) is 11.5 Å². The Morgan fingerprint density at radius 3 is 0.957 bits per heavy atom. The van der Waals surface area contributed by atoms with Gasteiger partial charge in [0, 0.05) is 51.1 Å². The summed E-state index contributed by atoms with van der Waals surface area (Å²) in [6, 6.07) is 54.6. The highest BCUT2D eigenvalue weighted by Crippen LogP contribution is 2.49. The molecule has 0 amide bonds. The molecule has 6 rings (SSSR count). The molecule has 0 unspecified atom stereocenters. The minimum atomic E-state index is -2.95. The zero-order valence-corrected chi connectivity index (χ0v) is 28.0. The van der Waals surface area contributed by atoms with E-state index in [4.69, 9.17) is 9.47 Å². The summed E-state index contributed by atoms with van der Waals surface area (Å²) in [5.74, 6) is 1.46. The van der Waals surface area contributed by atoms with E-state index in [-0.39, 0.29) is 0 Å². The molecule has 0 saturated carbocycles. The molecule has 0 aliphatic carbocycles. The van der Waals surface area contributed by atoms with Gasteiger partial charge in [-0.05, 0) is 12.1 Å². The lowest BCUT2D eigenvalue weighted by Crippen LogP contribution is -2.18. The van der Waals surface area contributed by atoms with E-state index in [9.17, 15) is 9.13 Å². The fraction of sp³-hybridized carbons (Fsp3) is 0.122. The Balaban J connectivity index is 1.13. The molecule has 0 spiro atoms. The van der Waals surface area contributed by atoms with Gasteiger partial charge in [-0.2, -0.15) is 0 Å². The van der Waals surface area contributed by atoms with E-state index in [1.165, 1.54) is 0 Å². The van der Waals surface area contributed by atoms with Crippen molar-refractivity contribution in [1.82, 2.24) is 0 Å². The van der Waals surface area contributed by atoms with Gasteiger partial charge in [-0.15, -0.1) is 0 Å². The number of para-hydroxylation sites is 2. The Hall–Kier alpha value is -4.62. The fourth-order valence-corrected chi connectivity index (χ4v) is 11.2. The highest BCUT2D eigenvalue weighted by atomic mass is 31.2. The van der Waals surface area contributed by atoms with Crippen molar-refractivity contribution in [2.45, 2.75) is 18.7 Å². The SMILES string of the molecule is O=P(Cc1ccccc1OCCCOc1ccccc1CP(=O)(c1ccccc1)c1ccccc1)(c1ccccc1)c1ccccc1. The normalized spacial score (nSPS) is 11.6. The summed E-state index contributed by atoms with van der Waals surface area (Å²) in [6.07, 6.45) is 1.38. The van der Waals surface area contributed by atoms with E-state index in [0.29, 0.717) is 32.0 Å². The van der Waals surface area contributed by atoms with Crippen LogP contribution < -0.4 is 30.7 Å². The van der Waals surface area contributed by atoms with Crippen LogP contribution >= 0.6 is 14.3 Å². The van der Waals surface area contributed by atoms with Crippen molar-refractivity contribution in [2.24, 2.45) is 0 Å². The Morgan fingerprint density at radius 2 is 0.638 bits per heavy atom. The Bertz CT molecular complexity index is 1730. The number of hydrogen-bond acceptors (Lipinski definition) is 4. The van der Waals surface area contributed by atoms with Crippen LogP contribution in [0.3, 0.4) is 0 Å². The second-order valence-corrected chi connectivity index (χ2v) is 17.1. The minimum Gasteiger partial charge on any atom is -0.493 e. The molecular weight excluding hydrogens is 618 g/mol. The van der Waals surface area contributed by atoms with Crippen molar-refractivity contribution in [3.63, 3.8) is 0 Å². The number of hydrogen-bond donors (Lipinski definition) is 0. The summed E-state index contributed by atoms with van der Waals surface area (Å²) >= 11 is 0. The molecule has 0 radical (unpaired) electrons. The largest absolute Gasteiger partial charge is 0.493 e. The van der Waals surface area contributed by atoms with Gasteiger partial charge < -0.3 is 18.6 Å². The summed E-state index contributed by atoms with van der Waals surface area (Å²) in [6.45, 7) is 0.874. The van der Waals surface area contributed by atoms with Crippen molar-refractivity contribution in [2.75, 3.05) is 13.2 Å². The van der Waals surface area contributed by atoms with Crippen molar-refractivity contribution in [3.8, 4) is 11.5 Å². The first-order valence-corrected chi connectivity index (χ1v) is 19.7. The molecule has 0 saturated heterocycles. The van der Waals surface area contributed by atoms with E-state index in [1.54, 1.807) is 0 Å². The van der Waals surface area contributed by atoms with E-state index >= 15 is 0 Å². The van der Waals surface area contributed by atoms with Crippen LogP contribution in [0.4, 0.5) is 0 Å². The van der Waals surface area contributed by atoms with E-state index in [0.717, 1.165) is 43.8 Å². The second-order valence-electron chi connectivity index (χ2n) is 11.4. The lowest BCUT2D eigenvalue weighted by atomic mass is 10.2. The van der Waals surface area contributed by atoms with Crippen LogP contribution in [-0.4, -0.2) is 13.2 Å². The van der Waals surface area contributed by atoms with Gasteiger partial charge in [0.2, 0.25) is 0 Å². The first kappa shape index (κ1) is 32.3. The summed E-state index contributed by atoms with van der Waals surface area (Å²) in [5.41, 5.74) is 1.82. The zero-order chi connectivity index (χ0) is 32.4. The molecule has 6 aromatic rings. The molecule has 0 bridgehead atoms. The predicted octanol–water partition coefficient (Wildman–Crippen LogP) is 8.56. The summed E-state index contributed by atoms with van der Waals surface area (Å²) in [5, 5.41) is 3.32. The highest BCUT2D eigenvalue weighted by Gasteiger charge is 2.30. The van der Waals surface area contributed by atoms with Crippen molar-refractivity contribution in [3.05, 3.63) is 181 Å². The average Bonchev–Trinajstić information content (AvgIpc) is 3.14. The first-order chi connectivity index (χ1) is 23.1. The maximum Gasteiger partial charge on any atom is 0.147 e. The van der Waals surface area contributed by atoms with Gasteiger partial charge in [0.15, 0.2) is 0 Å². The molecule has 47 heavy (non-hydrogen) atoms. The van der Waals surface area contributed by atoms with Gasteiger partial charge in [0.25, 0.3) is 0 Å². The average molecular weight is 657 g/mol. The van der Waals surface area contributed by atoms with E-state index in [1.807, 2.05) is 170 Å². The molecule has 0 heterocycles. The quantitative estimate of drug-likeness (QED) is 0.0871. The van der Waals surface area contributed by atoms with Gasteiger partial charge in [0.1, 0.15) is 25.8 Å². The van der Waals surface area contributed by atoms with Crippen LogP contribution in [0, 0.1) is 0 Å². The number of ether oxygens (including phenoxy) is 2. The van der Waals surface area contributed by atoms with Crippen LogP contribution in [0.25, 0.3) is 0 Å². The van der Waals surface area contributed by atoms with Gasteiger partial charge in [-0.1, -0.05) is 158 Å². The zero-order valence-electron chi connectivity index (χ0n) is 26.2. The molecule has 6 aromatic carbocycles. The Kier molecular flexibility index (Phi) is 10.5. The maximum absolute atomic E-state index is 14.7. The van der Waals surface area contributed by atoms with Crippen LogP contribution in [0.2, 0.25) is 0 Å². The summed E-state index contributed by atoms with van der Waals surface area (Å²) in [4.78, 5) is 0. The minimum absolute atomic E-state index is 0.365. The summed E-state index contributed by atoms with van der Waals surface area (Å²) < 4.78 is 41.9. The molecule has 0 atom stereocenters. The molecule has 0 N–H and O–H groups in total. The van der Waals surface area contributed by atoms with Gasteiger partial charge in [0.05, 0.1) is 13.2 Å². The molecule has 236 valence electrons. The molecular formula is C41H38O4P2. The van der Waals surface area contributed by atoms with Crippen LogP contribution in [-0.2, 0) is 21.5 Å². The third-order valence-electron chi connectivity index (χ3n) is 8.23. The van der Waals surface area contributed by atoms with E-state index < -0.39 is 14.3 Å². The second kappa shape index (κ2) is 15.3. The van der Waals surface area contributed by atoms with Gasteiger partial charge in [-0.3, -0.25) is 0 Å². The molecule has 0 aliphatic heterocycles. The predicted molar refractivity (Wildman–Crippen MR) is 195 cm³/mol. The highest BCUT2D eigenvalue weighted by molar-refractivity contribution is 7.78. The van der Waals surface area contributed by atoms with Crippen molar-refractivity contribution in [1.29, 1.82) is 0 Å². The molecule has 0 aliphatic rings. The Morgan fingerprint density at radius 1 is 0.362 bits per heavy atom. The molecule has 0 aromatic heterocycles. The number of benzene rings is 6. The Labute approximate surface area is 277 Å². The monoisotopic (exact) mass is 656 g/mol. The van der Waals surface area contributed by atoms with Crippen LogP contribution in [0.1, 0.15) is 17.5 Å². The first-order valence-electron chi connectivity index (χ1n) is 15.9. The van der Waals surface area contributed by atoms with E-state index in [2.05, 4.69) is 0 Å². The van der Waals surface area contributed by atoms with Crippen molar-refractivity contribution < 1.29 is 18.6 Å². The molecule has 0 fully saturated rings. The fourth-order valence-electron chi connectivity index (χ4n) is 5.79. The smallest absolute Gasteiger partial charge is 0.147 e. The number of rotatable bonds is 14. The molecule has 4 nitrogen and oxygen atoms in total. The standard InChI is InChI=1S/C41H38O4P2/c42-46(36-20-5-1-6-21-36,37-22-7-2-8-23-37)32-34-18-13-15-28-40(34)44-30-17-31-45-41-29-16-14-19-35(41)33-47(43,38-24-9-3-10-25-38)39-26-11-4-12-27-39/h1-16,18-29H,17,30-33H2. The van der Waals surface area contributed by atoms with Crippen molar-refractivity contribution >= 4 is 35.5 Å². The third kappa shape index (κ3) is 7.68. The summed E-state index contributed by atoms with van der Waals surface area (Å²) in [7, 11) is -5.91. The lowest BCUT2D eigenvalue weighted by Gasteiger charge is -2.21. The van der Waals surface area contributed by atoms with Gasteiger partial charge >= 0.3 is 0 Å². The van der Waals surface area contributed by atoms with Crippen LogP contribution in [0.15, 0.2) is 170 Å². The molecule has 6 heteroatoms. The van der Waals surface area contributed by atoms with Gasteiger partial charge in [-0.25, -0.2) is 0 Å². The third-order valence-corrected chi connectivity index (χ3v) is 14.3. The maximum atomic E-state index is 14.7.